The summed E-state index contributed by atoms with van der Waals surface area (Å²) >= 11 is 4.05. The van der Waals surface area contributed by atoms with Crippen LogP contribution in [0.5, 0.6) is 0 Å². The topological polar surface area (TPSA) is 50.4 Å². The fourth-order valence-corrected chi connectivity index (χ4v) is 0.661. The Morgan fingerprint density at radius 2 is 2.71 bits per heavy atom. The lowest BCUT2D eigenvalue weighted by molar-refractivity contribution is 0.895. The van der Waals surface area contributed by atoms with Crippen LogP contribution in [0.15, 0.2) is 4.99 Å². The SMILES string of the molecule is NC1=NCC(S)N1. The second-order valence-electron chi connectivity index (χ2n) is 1.39. The van der Waals surface area contributed by atoms with Crippen molar-refractivity contribution in [2.45, 2.75) is 5.37 Å². The predicted molar refractivity (Wildman–Crippen MR) is 32.4 cm³/mol. The summed E-state index contributed by atoms with van der Waals surface area (Å²) < 4.78 is 0. The first kappa shape index (κ1) is 4.77. The molecule has 7 heavy (non-hydrogen) atoms. The van der Waals surface area contributed by atoms with Crippen LogP contribution < -0.4 is 11.1 Å². The van der Waals surface area contributed by atoms with Crippen LogP contribution in [0, 0.1) is 0 Å². The van der Waals surface area contributed by atoms with Crippen molar-refractivity contribution in [1.82, 2.24) is 5.32 Å². The molecule has 0 saturated heterocycles. The summed E-state index contributed by atoms with van der Waals surface area (Å²) in [7, 11) is 0. The van der Waals surface area contributed by atoms with Crippen LogP contribution >= 0.6 is 12.6 Å². The van der Waals surface area contributed by atoms with Crippen LogP contribution in [-0.2, 0) is 0 Å². The van der Waals surface area contributed by atoms with Gasteiger partial charge in [-0.1, -0.05) is 0 Å². The average molecular weight is 117 g/mol. The fourth-order valence-electron chi connectivity index (χ4n) is 0.447. The summed E-state index contributed by atoms with van der Waals surface area (Å²) in [5.41, 5.74) is 5.22. The Balaban J connectivity index is 2.42. The van der Waals surface area contributed by atoms with Gasteiger partial charge in [-0.15, -0.1) is 0 Å². The van der Waals surface area contributed by atoms with Gasteiger partial charge in [0.1, 0.15) is 0 Å². The van der Waals surface area contributed by atoms with Gasteiger partial charge >= 0.3 is 0 Å². The zero-order chi connectivity index (χ0) is 5.28. The third-order valence-electron chi connectivity index (χ3n) is 0.749. The van der Waals surface area contributed by atoms with Crippen LogP contribution in [0.2, 0.25) is 0 Å². The third kappa shape index (κ3) is 0.991. The van der Waals surface area contributed by atoms with Gasteiger partial charge in [-0.3, -0.25) is 4.99 Å². The van der Waals surface area contributed by atoms with Crippen LogP contribution in [0.25, 0.3) is 0 Å². The minimum absolute atomic E-state index is 0.139. The molecule has 1 aliphatic rings. The molecule has 0 fully saturated rings. The number of guanidine groups is 1. The van der Waals surface area contributed by atoms with E-state index in [4.69, 9.17) is 5.73 Å². The molecule has 0 aromatic heterocycles. The highest BCUT2D eigenvalue weighted by molar-refractivity contribution is 7.81. The van der Waals surface area contributed by atoms with Gasteiger partial charge in [-0.25, -0.2) is 0 Å². The maximum atomic E-state index is 5.22. The Morgan fingerprint density at radius 3 is 2.86 bits per heavy atom. The van der Waals surface area contributed by atoms with Gasteiger partial charge in [0.25, 0.3) is 0 Å². The molecule has 0 aliphatic carbocycles. The largest absolute Gasteiger partial charge is 0.370 e. The predicted octanol–water partition coefficient (Wildman–Crippen LogP) is -0.840. The number of nitrogens with two attached hydrogens (primary N) is 1. The summed E-state index contributed by atoms with van der Waals surface area (Å²) in [4.78, 5) is 3.82. The first-order valence-electron chi connectivity index (χ1n) is 2.03. The highest BCUT2D eigenvalue weighted by atomic mass is 32.1. The third-order valence-corrected chi connectivity index (χ3v) is 1.04. The highest BCUT2D eigenvalue weighted by Gasteiger charge is 2.07. The van der Waals surface area contributed by atoms with Crippen molar-refractivity contribution in [3.8, 4) is 0 Å². The van der Waals surface area contributed by atoms with E-state index in [1.807, 2.05) is 0 Å². The molecule has 1 rings (SSSR count). The van der Waals surface area contributed by atoms with Crippen molar-refractivity contribution >= 4 is 18.6 Å². The van der Waals surface area contributed by atoms with E-state index < -0.39 is 0 Å². The van der Waals surface area contributed by atoms with E-state index >= 15 is 0 Å². The standard InChI is InChI=1S/C3H7N3S/c4-3-5-1-2(7)6-3/h2,7H,1H2,(H3,4,5,6). The Labute approximate surface area is 47.4 Å². The summed E-state index contributed by atoms with van der Waals surface area (Å²) in [5.74, 6) is 0.500. The monoisotopic (exact) mass is 117 g/mol. The molecule has 3 N–H and O–H groups in total. The Kier molecular flexibility index (Phi) is 1.10. The number of hydrogen-bond donors (Lipinski definition) is 3. The van der Waals surface area contributed by atoms with E-state index in [0.717, 1.165) is 0 Å². The summed E-state index contributed by atoms with van der Waals surface area (Å²) in [5, 5.41) is 2.95. The molecule has 0 amide bonds. The van der Waals surface area contributed by atoms with E-state index in [2.05, 4.69) is 22.9 Å². The van der Waals surface area contributed by atoms with E-state index in [1.54, 1.807) is 0 Å². The number of hydrogen-bond acceptors (Lipinski definition) is 4. The van der Waals surface area contributed by atoms with Gasteiger partial charge in [-0.2, -0.15) is 12.6 Å². The van der Waals surface area contributed by atoms with E-state index in [0.29, 0.717) is 12.5 Å². The molecular formula is C3H7N3S. The number of rotatable bonds is 0. The molecule has 1 aliphatic heterocycles. The number of nitrogens with zero attached hydrogens (tertiary/aromatic N) is 1. The van der Waals surface area contributed by atoms with E-state index in [1.165, 1.54) is 0 Å². The number of nitrogens with one attached hydrogen (secondary N) is 1. The molecule has 0 saturated carbocycles. The quantitative estimate of drug-likeness (QED) is 0.362. The number of thiol groups is 1. The minimum Gasteiger partial charge on any atom is -0.370 e. The zero-order valence-corrected chi connectivity index (χ0v) is 4.65. The van der Waals surface area contributed by atoms with Crippen molar-refractivity contribution in [2.75, 3.05) is 6.54 Å². The normalized spacial score (nSPS) is 29.3. The van der Waals surface area contributed by atoms with E-state index in [9.17, 15) is 0 Å². The summed E-state index contributed by atoms with van der Waals surface area (Å²) in [6.45, 7) is 0.689. The molecule has 0 aromatic carbocycles. The summed E-state index contributed by atoms with van der Waals surface area (Å²) in [6.07, 6.45) is 0. The van der Waals surface area contributed by atoms with E-state index in [-0.39, 0.29) is 5.37 Å². The van der Waals surface area contributed by atoms with Gasteiger partial charge in [0.15, 0.2) is 5.96 Å². The molecule has 0 spiro atoms. The summed E-state index contributed by atoms with van der Waals surface area (Å²) in [6, 6.07) is 0. The smallest absolute Gasteiger partial charge is 0.189 e. The second kappa shape index (κ2) is 1.61. The minimum atomic E-state index is 0.139. The maximum absolute atomic E-state index is 5.22. The fraction of sp³-hybridized carbons (Fsp3) is 0.667. The van der Waals surface area contributed by atoms with Gasteiger partial charge in [-0.05, 0) is 0 Å². The lowest BCUT2D eigenvalue weighted by Crippen LogP contribution is -2.31. The van der Waals surface area contributed by atoms with Crippen molar-refractivity contribution in [3.63, 3.8) is 0 Å². The average Bonchev–Trinajstić information content (AvgIpc) is 1.87. The molecule has 1 atom stereocenters. The van der Waals surface area contributed by atoms with Crippen LogP contribution in [0.1, 0.15) is 0 Å². The molecule has 0 aromatic rings. The Hall–Kier alpha value is -0.380. The molecule has 0 bridgehead atoms. The molecule has 0 radical (unpaired) electrons. The first-order chi connectivity index (χ1) is 3.29. The molecule has 4 heteroatoms. The highest BCUT2D eigenvalue weighted by Crippen LogP contribution is 1.94. The Morgan fingerprint density at radius 1 is 2.00 bits per heavy atom. The molecule has 3 nitrogen and oxygen atoms in total. The van der Waals surface area contributed by atoms with Gasteiger partial charge < -0.3 is 11.1 Å². The first-order valence-corrected chi connectivity index (χ1v) is 2.55. The zero-order valence-electron chi connectivity index (χ0n) is 3.76. The maximum Gasteiger partial charge on any atom is 0.189 e. The number of aliphatic imine (C=N–C) groups is 1. The van der Waals surface area contributed by atoms with Gasteiger partial charge in [0.2, 0.25) is 0 Å². The lowest BCUT2D eigenvalue weighted by Gasteiger charge is -1.97. The lowest BCUT2D eigenvalue weighted by atomic mass is 10.7. The van der Waals surface area contributed by atoms with Gasteiger partial charge in [0.05, 0.1) is 11.9 Å². The van der Waals surface area contributed by atoms with Crippen molar-refractivity contribution in [2.24, 2.45) is 10.7 Å². The molecule has 1 unspecified atom stereocenters. The molecule has 1 heterocycles. The molecule has 40 valence electrons. The van der Waals surface area contributed by atoms with Crippen LogP contribution in [0.4, 0.5) is 0 Å². The molecular weight excluding hydrogens is 110 g/mol. The van der Waals surface area contributed by atoms with Gasteiger partial charge in [0, 0.05) is 0 Å². The van der Waals surface area contributed by atoms with Crippen molar-refractivity contribution < 1.29 is 0 Å². The van der Waals surface area contributed by atoms with Crippen molar-refractivity contribution in [1.29, 1.82) is 0 Å². The Bertz CT molecular complexity index is 100. The van der Waals surface area contributed by atoms with Crippen molar-refractivity contribution in [3.05, 3.63) is 0 Å². The second-order valence-corrected chi connectivity index (χ2v) is 2.01. The van der Waals surface area contributed by atoms with Crippen LogP contribution in [-0.4, -0.2) is 17.9 Å². The van der Waals surface area contributed by atoms with Crippen LogP contribution in [0.3, 0.4) is 0 Å².